The Balaban J connectivity index is 3.03. The molecule has 1 aromatic rings. The van der Waals surface area contributed by atoms with Crippen LogP contribution in [0.5, 0.6) is 0 Å². The van der Waals surface area contributed by atoms with Gasteiger partial charge in [0, 0.05) is 0 Å². The van der Waals surface area contributed by atoms with Crippen molar-refractivity contribution in [3.63, 3.8) is 0 Å². The van der Waals surface area contributed by atoms with Crippen LogP contribution in [0, 0.1) is 13.8 Å². The van der Waals surface area contributed by atoms with Gasteiger partial charge in [-0.2, -0.15) is 0 Å². The van der Waals surface area contributed by atoms with E-state index in [2.05, 4.69) is 39.0 Å². The van der Waals surface area contributed by atoms with Gasteiger partial charge in [0.25, 0.3) is 0 Å². The van der Waals surface area contributed by atoms with E-state index in [4.69, 9.17) is 5.73 Å². The van der Waals surface area contributed by atoms with E-state index in [0.717, 1.165) is 13.0 Å². The molecule has 72 valence electrons. The second-order valence-corrected chi connectivity index (χ2v) is 3.70. The van der Waals surface area contributed by atoms with E-state index in [9.17, 15) is 0 Å². The monoisotopic (exact) mass is 177 g/mol. The molecule has 0 amide bonds. The second kappa shape index (κ2) is 4.43. The van der Waals surface area contributed by atoms with E-state index in [1.807, 2.05) is 0 Å². The first kappa shape index (κ1) is 10.3. The summed E-state index contributed by atoms with van der Waals surface area (Å²) in [5, 5.41) is 0. The molecule has 1 aromatic carbocycles. The molecule has 0 bridgehead atoms. The average Bonchev–Trinajstić information content (AvgIpc) is 2.13. The summed E-state index contributed by atoms with van der Waals surface area (Å²) in [6, 6.07) is 6.60. The van der Waals surface area contributed by atoms with Crippen molar-refractivity contribution in [2.24, 2.45) is 5.73 Å². The zero-order chi connectivity index (χ0) is 9.84. The zero-order valence-corrected chi connectivity index (χ0v) is 8.80. The zero-order valence-electron chi connectivity index (χ0n) is 8.80. The Bertz CT molecular complexity index is 274. The number of nitrogens with two attached hydrogens (primary N) is 1. The van der Waals surface area contributed by atoms with Crippen LogP contribution in [-0.2, 0) is 0 Å². The molecule has 0 saturated heterocycles. The minimum absolute atomic E-state index is 0.528. The maximum Gasteiger partial charge on any atom is -0.000824 e. The van der Waals surface area contributed by atoms with Crippen molar-refractivity contribution >= 4 is 0 Å². The van der Waals surface area contributed by atoms with Crippen molar-refractivity contribution < 1.29 is 0 Å². The maximum absolute atomic E-state index is 5.73. The van der Waals surface area contributed by atoms with Crippen LogP contribution >= 0.6 is 0 Å². The van der Waals surface area contributed by atoms with Crippen molar-refractivity contribution in [3.8, 4) is 0 Å². The first-order valence-corrected chi connectivity index (χ1v) is 4.96. The topological polar surface area (TPSA) is 26.0 Å². The van der Waals surface area contributed by atoms with E-state index in [1.54, 1.807) is 0 Å². The molecular formula is C12H19N. The third-order valence-electron chi connectivity index (χ3n) is 2.65. The summed E-state index contributed by atoms with van der Waals surface area (Å²) >= 11 is 0. The van der Waals surface area contributed by atoms with Gasteiger partial charge in [0.05, 0.1) is 0 Å². The third-order valence-corrected chi connectivity index (χ3v) is 2.65. The lowest BCUT2D eigenvalue weighted by molar-refractivity contribution is 0.670. The van der Waals surface area contributed by atoms with Gasteiger partial charge >= 0.3 is 0 Å². The third kappa shape index (κ3) is 2.31. The molecular weight excluding hydrogens is 158 g/mol. The summed E-state index contributed by atoms with van der Waals surface area (Å²) in [4.78, 5) is 0. The number of aryl methyl sites for hydroxylation is 2. The van der Waals surface area contributed by atoms with Crippen LogP contribution in [0.4, 0.5) is 0 Å². The average molecular weight is 177 g/mol. The van der Waals surface area contributed by atoms with Crippen molar-refractivity contribution in [3.05, 3.63) is 34.9 Å². The molecule has 0 spiro atoms. The lowest BCUT2D eigenvalue weighted by Crippen LogP contribution is -2.12. The molecule has 0 aliphatic carbocycles. The van der Waals surface area contributed by atoms with Crippen LogP contribution in [-0.4, -0.2) is 6.54 Å². The summed E-state index contributed by atoms with van der Waals surface area (Å²) in [5.41, 5.74) is 9.85. The molecule has 1 unspecified atom stereocenters. The van der Waals surface area contributed by atoms with Crippen LogP contribution in [0.15, 0.2) is 18.2 Å². The molecule has 1 heteroatoms. The van der Waals surface area contributed by atoms with E-state index < -0.39 is 0 Å². The molecule has 0 fully saturated rings. The van der Waals surface area contributed by atoms with E-state index in [1.165, 1.54) is 16.7 Å². The molecule has 1 atom stereocenters. The van der Waals surface area contributed by atoms with Gasteiger partial charge in [-0.05, 0) is 43.9 Å². The molecule has 1 rings (SSSR count). The van der Waals surface area contributed by atoms with Crippen LogP contribution in [0.3, 0.4) is 0 Å². The summed E-state index contributed by atoms with van der Waals surface area (Å²) in [6.07, 6.45) is 1.13. The molecule has 1 nitrogen and oxygen atoms in total. The lowest BCUT2D eigenvalue weighted by atomic mass is 9.91. The summed E-state index contributed by atoms with van der Waals surface area (Å²) in [5.74, 6) is 0.528. The maximum atomic E-state index is 5.73. The molecule has 0 aromatic heterocycles. The SMILES string of the molecule is CCC(CN)c1cc(C)ccc1C. The molecule has 0 aliphatic heterocycles. The Labute approximate surface area is 81.0 Å². The van der Waals surface area contributed by atoms with Crippen molar-refractivity contribution in [1.82, 2.24) is 0 Å². The molecule has 13 heavy (non-hydrogen) atoms. The number of hydrogen-bond donors (Lipinski definition) is 1. The van der Waals surface area contributed by atoms with Gasteiger partial charge in [0.1, 0.15) is 0 Å². The Kier molecular flexibility index (Phi) is 3.49. The van der Waals surface area contributed by atoms with Crippen LogP contribution in [0.25, 0.3) is 0 Å². The van der Waals surface area contributed by atoms with Crippen molar-refractivity contribution in [2.75, 3.05) is 6.54 Å². The largest absolute Gasteiger partial charge is 0.330 e. The van der Waals surface area contributed by atoms with Crippen LogP contribution < -0.4 is 5.73 Å². The van der Waals surface area contributed by atoms with Gasteiger partial charge in [-0.15, -0.1) is 0 Å². The quantitative estimate of drug-likeness (QED) is 0.755. The first-order chi connectivity index (χ1) is 6.19. The smallest absolute Gasteiger partial charge is 0.000824 e. The lowest BCUT2D eigenvalue weighted by Gasteiger charge is -2.16. The Morgan fingerprint density at radius 3 is 2.54 bits per heavy atom. The summed E-state index contributed by atoms with van der Waals surface area (Å²) in [6.45, 7) is 7.24. The van der Waals surface area contributed by atoms with Crippen LogP contribution in [0.1, 0.15) is 36.0 Å². The minimum Gasteiger partial charge on any atom is -0.330 e. The fourth-order valence-corrected chi connectivity index (χ4v) is 1.71. The first-order valence-electron chi connectivity index (χ1n) is 4.96. The van der Waals surface area contributed by atoms with Crippen molar-refractivity contribution in [1.29, 1.82) is 0 Å². The second-order valence-electron chi connectivity index (χ2n) is 3.70. The van der Waals surface area contributed by atoms with E-state index in [-0.39, 0.29) is 0 Å². The van der Waals surface area contributed by atoms with Crippen LogP contribution in [0.2, 0.25) is 0 Å². The molecule has 0 heterocycles. The van der Waals surface area contributed by atoms with E-state index >= 15 is 0 Å². The Morgan fingerprint density at radius 1 is 1.31 bits per heavy atom. The fraction of sp³-hybridized carbons (Fsp3) is 0.500. The Morgan fingerprint density at radius 2 is 2.00 bits per heavy atom. The Hall–Kier alpha value is -0.820. The molecule has 2 N–H and O–H groups in total. The number of benzene rings is 1. The highest BCUT2D eigenvalue weighted by Gasteiger charge is 2.09. The van der Waals surface area contributed by atoms with Gasteiger partial charge < -0.3 is 5.73 Å². The number of hydrogen-bond acceptors (Lipinski definition) is 1. The predicted octanol–water partition coefficient (Wildman–Crippen LogP) is 2.76. The van der Waals surface area contributed by atoms with Gasteiger partial charge in [0.15, 0.2) is 0 Å². The minimum atomic E-state index is 0.528. The van der Waals surface area contributed by atoms with Crippen molar-refractivity contribution in [2.45, 2.75) is 33.1 Å². The highest BCUT2D eigenvalue weighted by atomic mass is 14.5. The van der Waals surface area contributed by atoms with Gasteiger partial charge in [0.2, 0.25) is 0 Å². The fourth-order valence-electron chi connectivity index (χ4n) is 1.71. The summed E-state index contributed by atoms with van der Waals surface area (Å²) in [7, 11) is 0. The highest BCUT2D eigenvalue weighted by molar-refractivity contribution is 5.33. The van der Waals surface area contributed by atoms with Gasteiger partial charge in [-0.3, -0.25) is 0 Å². The molecule has 0 aliphatic rings. The summed E-state index contributed by atoms with van der Waals surface area (Å²) < 4.78 is 0. The normalized spacial score (nSPS) is 12.9. The molecule has 0 radical (unpaired) electrons. The molecule has 0 saturated carbocycles. The number of rotatable bonds is 3. The van der Waals surface area contributed by atoms with Gasteiger partial charge in [-0.1, -0.05) is 30.7 Å². The van der Waals surface area contributed by atoms with Gasteiger partial charge in [-0.25, -0.2) is 0 Å². The predicted molar refractivity (Wildman–Crippen MR) is 58.0 cm³/mol. The standard InChI is InChI=1S/C12H19N/c1-4-11(8-13)12-7-9(2)5-6-10(12)3/h5-7,11H,4,8,13H2,1-3H3. The van der Waals surface area contributed by atoms with E-state index in [0.29, 0.717) is 5.92 Å². The highest BCUT2D eigenvalue weighted by Crippen LogP contribution is 2.22.